The fourth-order valence-electron chi connectivity index (χ4n) is 1.52. The number of benzene rings is 1. The van der Waals surface area contributed by atoms with Crippen molar-refractivity contribution in [3.63, 3.8) is 0 Å². The molecule has 0 atom stereocenters. The number of nitrogens with zero attached hydrogens (tertiary/aromatic N) is 1. The van der Waals surface area contributed by atoms with E-state index in [0.29, 0.717) is 5.52 Å². The van der Waals surface area contributed by atoms with E-state index in [4.69, 9.17) is 4.74 Å². The van der Waals surface area contributed by atoms with Gasteiger partial charge in [-0.3, -0.25) is 9.78 Å². The van der Waals surface area contributed by atoms with Crippen molar-refractivity contribution in [1.29, 1.82) is 0 Å². The van der Waals surface area contributed by atoms with Gasteiger partial charge in [-0.1, -0.05) is 12.1 Å². The molecular formula is C12H11NO3. The molecule has 2 aromatic rings. The summed E-state index contributed by atoms with van der Waals surface area (Å²) in [5.41, 5.74) is 1.35. The van der Waals surface area contributed by atoms with E-state index in [1.54, 1.807) is 24.4 Å². The van der Waals surface area contributed by atoms with Crippen molar-refractivity contribution in [3.05, 3.63) is 36.0 Å². The SMILES string of the molecule is CC(=O)OCc1ccnc2c(O)cccc12. The van der Waals surface area contributed by atoms with Gasteiger partial charge in [-0.05, 0) is 12.1 Å². The average molecular weight is 217 g/mol. The first-order valence-electron chi connectivity index (χ1n) is 4.87. The number of hydrogen-bond donors (Lipinski definition) is 1. The zero-order valence-corrected chi connectivity index (χ0v) is 8.80. The maximum absolute atomic E-state index is 10.7. The van der Waals surface area contributed by atoms with Crippen LogP contribution in [0.3, 0.4) is 0 Å². The van der Waals surface area contributed by atoms with Gasteiger partial charge in [0.2, 0.25) is 0 Å². The van der Waals surface area contributed by atoms with Crippen LogP contribution in [0.2, 0.25) is 0 Å². The molecule has 1 N–H and O–H groups in total. The molecule has 0 radical (unpaired) electrons. The van der Waals surface area contributed by atoms with Crippen molar-refractivity contribution in [2.75, 3.05) is 0 Å². The van der Waals surface area contributed by atoms with Crippen molar-refractivity contribution in [2.45, 2.75) is 13.5 Å². The van der Waals surface area contributed by atoms with E-state index < -0.39 is 0 Å². The third kappa shape index (κ3) is 1.95. The quantitative estimate of drug-likeness (QED) is 0.781. The Morgan fingerprint density at radius 2 is 2.25 bits per heavy atom. The first kappa shape index (κ1) is 10.4. The maximum Gasteiger partial charge on any atom is 0.302 e. The van der Waals surface area contributed by atoms with Gasteiger partial charge in [0.15, 0.2) is 0 Å². The number of para-hydroxylation sites is 1. The van der Waals surface area contributed by atoms with Gasteiger partial charge >= 0.3 is 5.97 Å². The average Bonchev–Trinajstić information content (AvgIpc) is 2.27. The minimum absolute atomic E-state index is 0.127. The lowest BCUT2D eigenvalue weighted by atomic mass is 10.1. The smallest absolute Gasteiger partial charge is 0.302 e. The number of fused-ring (bicyclic) bond motifs is 1. The number of aromatic hydroxyl groups is 1. The van der Waals surface area contributed by atoms with Gasteiger partial charge in [0.1, 0.15) is 17.9 Å². The Kier molecular flexibility index (Phi) is 2.72. The van der Waals surface area contributed by atoms with E-state index in [2.05, 4.69) is 4.98 Å². The number of phenolic OH excluding ortho intramolecular Hbond substituents is 1. The Morgan fingerprint density at radius 3 is 3.00 bits per heavy atom. The van der Waals surface area contributed by atoms with Gasteiger partial charge in [-0.15, -0.1) is 0 Å². The third-order valence-electron chi connectivity index (χ3n) is 2.27. The zero-order valence-electron chi connectivity index (χ0n) is 8.80. The monoisotopic (exact) mass is 217 g/mol. The molecule has 16 heavy (non-hydrogen) atoms. The molecule has 1 aromatic heterocycles. The van der Waals surface area contributed by atoms with Gasteiger partial charge in [0, 0.05) is 24.1 Å². The van der Waals surface area contributed by atoms with E-state index in [-0.39, 0.29) is 18.3 Å². The van der Waals surface area contributed by atoms with Crippen LogP contribution in [0.25, 0.3) is 10.9 Å². The predicted octanol–water partition coefficient (Wildman–Crippen LogP) is 2.00. The Labute approximate surface area is 92.5 Å². The summed E-state index contributed by atoms with van der Waals surface area (Å²) in [4.78, 5) is 14.8. The van der Waals surface area contributed by atoms with Crippen LogP contribution in [-0.2, 0) is 16.1 Å². The molecule has 82 valence electrons. The number of carbonyl (C=O) groups excluding carboxylic acids is 1. The summed E-state index contributed by atoms with van der Waals surface area (Å²) in [7, 11) is 0. The molecule has 0 aliphatic rings. The second kappa shape index (κ2) is 4.18. The molecule has 0 saturated carbocycles. The molecule has 4 heteroatoms. The van der Waals surface area contributed by atoms with Gasteiger partial charge in [0.05, 0.1) is 0 Å². The molecular weight excluding hydrogens is 206 g/mol. The maximum atomic E-state index is 10.7. The number of ether oxygens (including phenoxy) is 1. The van der Waals surface area contributed by atoms with Gasteiger partial charge in [-0.2, -0.15) is 0 Å². The van der Waals surface area contributed by atoms with Crippen LogP contribution in [-0.4, -0.2) is 16.1 Å². The first-order valence-corrected chi connectivity index (χ1v) is 4.87. The summed E-state index contributed by atoms with van der Waals surface area (Å²) >= 11 is 0. The Morgan fingerprint density at radius 1 is 1.44 bits per heavy atom. The predicted molar refractivity (Wildman–Crippen MR) is 58.9 cm³/mol. The number of esters is 1. The second-order valence-corrected chi connectivity index (χ2v) is 3.42. The molecule has 0 aliphatic heterocycles. The van der Waals surface area contributed by atoms with E-state index in [1.807, 2.05) is 6.07 Å². The van der Waals surface area contributed by atoms with Crippen molar-refractivity contribution >= 4 is 16.9 Å². The first-order chi connectivity index (χ1) is 7.68. The topological polar surface area (TPSA) is 59.4 Å². The van der Waals surface area contributed by atoms with Crippen LogP contribution in [0.15, 0.2) is 30.5 Å². The van der Waals surface area contributed by atoms with Crippen LogP contribution in [0.1, 0.15) is 12.5 Å². The summed E-state index contributed by atoms with van der Waals surface area (Å²) in [6, 6.07) is 6.91. The minimum Gasteiger partial charge on any atom is -0.506 e. The zero-order chi connectivity index (χ0) is 11.5. The van der Waals surface area contributed by atoms with Gasteiger partial charge in [-0.25, -0.2) is 0 Å². The largest absolute Gasteiger partial charge is 0.506 e. The minimum atomic E-state index is -0.329. The highest BCUT2D eigenvalue weighted by molar-refractivity contribution is 5.86. The number of rotatable bonds is 2. The Bertz CT molecular complexity index is 537. The summed E-state index contributed by atoms with van der Waals surface area (Å²) < 4.78 is 4.93. The summed E-state index contributed by atoms with van der Waals surface area (Å²) in [6.07, 6.45) is 1.58. The molecule has 4 nitrogen and oxygen atoms in total. The van der Waals surface area contributed by atoms with Crippen LogP contribution in [0.4, 0.5) is 0 Å². The lowest BCUT2D eigenvalue weighted by Crippen LogP contribution is -1.99. The fourth-order valence-corrected chi connectivity index (χ4v) is 1.52. The van der Waals surface area contributed by atoms with E-state index >= 15 is 0 Å². The Balaban J connectivity index is 2.45. The van der Waals surface area contributed by atoms with Crippen molar-refractivity contribution in [3.8, 4) is 5.75 Å². The molecule has 0 fully saturated rings. The van der Waals surface area contributed by atoms with Crippen LogP contribution < -0.4 is 0 Å². The van der Waals surface area contributed by atoms with Crippen LogP contribution >= 0.6 is 0 Å². The van der Waals surface area contributed by atoms with Crippen molar-refractivity contribution in [1.82, 2.24) is 4.98 Å². The molecule has 1 aromatic carbocycles. The molecule has 0 aliphatic carbocycles. The number of aromatic nitrogens is 1. The Hall–Kier alpha value is -2.10. The summed E-state index contributed by atoms with van der Waals surface area (Å²) in [6.45, 7) is 1.55. The highest BCUT2D eigenvalue weighted by Gasteiger charge is 2.06. The molecule has 2 rings (SSSR count). The molecule has 0 saturated heterocycles. The second-order valence-electron chi connectivity index (χ2n) is 3.42. The number of carbonyl (C=O) groups is 1. The number of hydrogen-bond acceptors (Lipinski definition) is 4. The molecule has 0 bridgehead atoms. The van der Waals surface area contributed by atoms with Crippen molar-refractivity contribution in [2.24, 2.45) is 0 Å². The fraction of sp³-hybridized carbons (Fsp3) is 0.167. The highest BCUT2D eigenvalue weighted by Crippen LogP contribution is 2.24. The van der Waals surface area contributed by atoms with Gasteiger partial charge < -0.3 is 9.84 Å². The summed E-state index contributed by atoms with van der Waals surface area (Å²) in [5, 5.41) is 10.4. The molecule has 0 spiro atoms. The number of pyridine rings is 1. The third-order valence-corrected chi connectivity index (χ3v) is 2.27. The molecule has 0 unspecified atom stereocenters. The summed E-state index contributed by atoms with van der Waals surface area (Å²) in [5.74, 6) is -0.202. The standard InChI is InChI=1S/C12H11NO3/c1-8(14)16-7-9-5-6-13-12-10(9)3-2-4-11(12)15/h2-6,15H,7H2,1H3. The normalized spacial score (nSPS) is 10.3. The highest BCUT2D eigenvalue weighted by atomic mass is 16.5. The van der Waals surface area contributed by atoms with Crippen LogP contribution in [0.5, 0.6) is 5.75 Å². The number of phenols is 1. The molecule has 1 heterocycles. The lowest BCUT2D eigenvalue weighted by molar-refractivity contribution is -0.142. The van der Waals surface area contributed by atoms with Crippen molar-refractivity contribution < 1.29 is 14.6 Å². The van der Waals surface area contributed by atoms with E-state index in [0.717, 1.165) is 10.9 Å². The molecule has 0 amide bonds. The van der Waals surface area contributed by atoms with E-state index in [1.165, 1.54) is 6.92 Å². The van der Waals surface area contributed by atoms with Gasteiger partial charge in [0.25, 0.3) is 0 Å². The lowest BCUT2D eigenvalue weighted by Gasteiger charge is -2.06. The van der Waals surface area contributed by atoms with E-state index in [9.17, 15) is 9.90 Å². The van der Waals surface area contributed by atoms with Crippen LogP contribution in [0, 0.1) is 0 Å².